The van der Waals surface area contributed by atoms with Crippen LogP contribution in [0.15, 0.2) is 16.7 Å². The first-order valence-corrected chi connectivity index (χ1v) is 6.58. The Morgan fingerprint density at radius 3 is 2.88 bits per heavy atom. The molecule has 2 rings (SSSR count). The second kappa shape index (κ2) is 5.42. The molecule has 0 radical (unpaired) electrons. The molecule has 4 nitrogen and oxygen atoms in total. The minimum absolute atomic E-state index is 0.513. The van der Waals surface area contributed by atoms with Crippen molar-refractivity contribution < 1.29 is 4.42 Å². The van der Waals surface area contributed by atoms with Crippen LogP contribution in [0.2, 0.25) is 0 Å². The Labute approximate surface area is 105 Å². The van der Waals surface area contributed by atoms with Gasteiger partial charge in [-0.25, -0.2) is 0 Å². The SMILES string of the molecule is Cc1cc(-c2nnc(CCNC(C)C)s2)co1. The van der Waals surface area contributed by atoms with E-state index in [9.17, 15) is 0 Å². The Balaban J connectivity index is 1.96. The Morgan fingerprint density at radius 2 is 2.24 bits per heavy atom. The lowest BCUT2D eigenvalue weighted by Gasteiger charge is -2.04. The Morgan fingerprint density at radius 1 is 1.41 bits per heavy atom. The first kappa shape index (κ1) is 12.3. The fraction of sp³-hybridized carbons (Fsp3) is 0.500. The molecule has 0 spiro atoms. The first-order valence-electron chi connectivity index (χ1n) is 5.76. The summed E-state index contributed by atoms with van der Waals surface area (Å²) in [5.41, 5.74) is 1.02. The molecule has 0 amide bonds. The van der Waals surface area contributed by atoms with E-state index in [0.717, 1.165) is 34.3 Å². The van der Waals surface area contributed by atoms with E-state index in [-0.39, 0.29) is 0 Å². The molecule has 2 aromatic rings. The Kier molecular flexibility index (Phi) is 3.91. The highest BCUT2D eigenvalue weighted by Crippen LogP contribution is 2.25. The molecule has 0 fully saturated rings. The Bertz CT molecular complexity index is 476. The van der Waals surface area contributed by atoms with Crippen LogP contribution in [0, 0.1) is 6.92 Å². The largest absolute Gasteiger partial charge is 0.469 e. The second-order valence-electron chi connectivity index (χ2n) is 4.31. The first-order chi connectivity index (χ1) is 8.15. The van der Waals surface area contributed by atoms with Crippen LogP contribution in [0.4, 0.5) is 0 Å². The van der Waals surface area contributed by atoms with Crippen molar-refractivity contribution in [2.75, 3.05) is 6.54 Å². The van der Waals surface area contributed by atoms with Crippen molar-refractivity contribution in [3.63, 3.8) is 0 Å². The van der Waals surface area contributed by atoms with Gasteiger partial charge in [-0.1, -0.05) is 25.2 Å². The van der Waals surface area contributed by atoms with E-state index < -0.39 is 0 Å². The van der Waals surface area contributed by atoms with E-state index in [1.165, 1.54) is 0 Å². The molecule has 0 bridgehead atoms. The van der Waals surface area contributed by atoms with Crippen LogP contribution in [-0.2, 0) is 6.42 Å². The molecule has 2 aromatic heterocycles. The molecule has 0 atom stereocenters. The molecule has 0 aliphatic rings. The van der Waals surface area contributed by atoms with Gasteiger partial charge in [0.25, 0.3) is 0 Å². The lowest BCUT2D eigenvalue weighted by molar-refractivity contribution is 0.535. The summed E-state index contributed by atoms with van der Waals surface area (Å²) in [5, 5.41) is 13.7. The maximum Gasteiger partial charge on any atom is 0.151 e. The van der Waals surface area contributed by atoms with Crippen LogP contribution < -0.4 is 5.32 Å². The predicted octanol–water partition coefficient (Wildman–Crippen LogP) is 2.65. The normalized spacial score (nSPS) is 11.3. The quantitative estimate of drug-likeness (QED) is 0.887. The minimum Gasteiger partial charge on any atom is -0.469 e. The summed E-state index contributed by atoms with van der Waals surface area (Å²) in [6, 6.07) is 2.50. The van der Waals surface area contributed by atoms with Crippen LogP contribution in [0.3, 0.4) is 0 Å². The summed E-state index contributed by atoms with van der Waals surface area (Å²) in [7, 11) is 0. The maximum absolute atomic E-state index is 5.27. The van der Waals surface area contributed by atoms with Crippen molar-refractivity contribution in [3.05, 3.63) is 23.1 Å². The number of nitrogens with one attached hydrogen (secondary N) is 1. The summed E-state index contributed by atoms with van der Waals surface area (Å²) >= 11 is 1.63. The molecule has 0 unspecified atom stereocenters. The lowest BCUT2D eigenvalue weighted by Crippen LogP contribution is -2.24. The van der Waals surface area contributed by atoms with Gasteiger partial charge in [0.1, 0.15) is 17.0 Å². The zero-order valence-electron chi connectivity index (χ0n) is 10.4. The highest BCUT2D eigenvalue weighted by molar-refractivity contribution is 7.14. The molecular formula is C12H17N3OS. The third-order valence-electron chi connectivity index (χ3n) is 2.34. The van der Waals surface area contributed by atoms with Crippen LogP contribution in [0.1, 0.15) is 24.6 Å². The average Bonchev–Trinajstić information content (AvgIpc) is 2.86. The van der Waals surface area contributed by atoms with Crippen molar-refractivity contribution in [1.82, 2.24) is 15.5 Å². The van der Waals surface area contributed by atoms with E-state index in [0.29, 0.717) is 6.04 Å². The molecule has 2 heterocycles. The summed E-state index contributed by atoms with van der Waals surface area (Å²) in [5.74, 6) is 0.901. The zero-order valence-corrected chi connectivity index (χ0v) is 11.2. The zero-order chi connectivity index (χ0) is 12.3. The van der Waals surface area contributed by atoms with Crippen molar-refractivity contribution in [1.29, 1.82) is 0 Å². The highest BCUT2D eigenvalue weighted by Gasteiger charge is 2.08. The monoisotopic (exact) mass is 251 g/mol. The van der Waals surface area contributed by atoms with Gasteiger partial charge >= 0.3 is 0 Å². The van der Waals surface area contributed by atoms with Crippen LogP contribution in [0.25, 0.3) is 10.6 Å². The summed E-state index contributed by atoms with van der Waals surface area (Å²) in [6.45, 7) is 7.15. The predicted molar refractivity (Wildman–Crippen MR) is 69.2 cm³/mol. The minimum atomic E-state index is 0.513. The number of aromatic nitrogens is 2. The fourth-order valence-corrected chi connectivity index (χ4v) is 2.31. The lowest BCUT2D eigenvalue weighted by atomic mass is 10.3. The molecule has 0 aliphatic carbocycles. The summed E-state index contributed by atoms with van der Waals surface area (Å²) in [6.07, 6.45) is 2.65. The highest BCUT2D eigenvalue weighted by atomic mass is 32.1. The van der Waals surface area contributed by atoms with Gasteiger partial charge in [0.15, 0.2) is 5.01 Å². The van der Waals surface area contributed by atoms with Crippen molar-refractivity contribution in [2.45, 2.75) is 33.2 Å². The van der Waals surface area contributed by atoms with Crippen LogP contribution >= 0.6 is 11.3 Å². The van der Waals surface area contributed by atoms with Crippen LogP contribution in [0.5, 0.6) is 0 Å². The van der Waals surface area contributed by atoms with E-state index in [1.54, 1.807) is 17.6 Å². The average molecular weight is 251 g/mol. The fourth-order valence-electron chi connectivity index (χ4n) is 1.49. The van der Waals surface area contributed by atoms with Gasteiger partial charge in [0.05, 0.1) is 5.56 Å². The van der Waals surface area contributed by atoms with Crippen molar-refractivity contribution in [3.8, 4) is 10.6 Å². The molecule has 17 heavy (non-hydrogen) atoms. The van der Waals surface area contributed by atoms with Gasteiger partial charge in [0.2, 0.25) is 0 Å². The molecule has 92 valence electrons. The maximum atomic E-state index is 5.27. The van der Waals surface area contributed by atoms with E-state index >= 15 is 0 Å². The summed E-state index contributed by atoms with van der Waals surface area (Å²) < 4.78 is 5.27. The van der Waals surface area contributed by atoms with Gasteiger partial charge in [-0.2, -0.15) is 0 Å². The van der Waals surface area contributed by atoms with E-state index in [1.807, 2.05) is 13.0 Å². The van der Waals surface area contributed by atoms with Gasteiger partial charge < -0.3 is 9.73 Å². The standard InChI is InChI=1S/C12H17N3OS/c1-8(2)13-5-4-11-14-15-12(17-11)10-6-9(3)16-7-10/h6-8,13H,4-5H2,1-3H3. The van der Waals surface area contributed by atoms with Gasteiger partial charge in [0, 0.05) is 19.0 Å². The number of aryl methyl sites for hydroxylation is 1. The number of furan rings is 1. The number of rotatable bonds is 5. The smallest absolute Gasteiger partial charge is 0.151 e. The topological polar surface area (TPSA) is 51.0 Å². The van der Waals surface area contributed by atoms with Gasteiger partial charge in [-0.05, 0) is 13.0 Å². The molecule has 0 aliphatic heterocycles. The van der Waals surface area contributed by atoms with Gasteiger partial charge in [-0.15, -0.1) is 10.2 Å². The third-order valence-corrected chi connectivity index (χ3v) is 3.37. The van der Waals surface area contributed by atoms with Crippen LogP contribution in [-0.4, -0.2) is 22.8 Å². The van der Waals surface area contributed by atoms with Crippen molar-refractivity contribution >= 4 is 11.3 Å². The summed E-state index contributed by atoms with van der Waals surface area (Å²) in [4.78, 5) is 0. The van der Waals surface area contributed by atoms with Gasteiger partial charge in [-0.3, -0.25) is 0 Å². The molecule has 0 aromatic carbocycles. The molecule has 0 saturated heterocycles. The van der Waals surface area contributed by atoms with Crippen molar-refractivity contribution in [2.24, 2.45) is 0 Å². The molecule has 1 N–H and O–H groups in total. The number of hydrogen-bond donors (Lipinski definition) is 1. The number of hydrogen-bond acceptors (Lipinski definition) is 5. The third kappa shape index (κ3) is 3.38. The Hall–Kier alpha value is -1.20. The van der Waals surface area contributed by atoms with E-state index in [4.69, 9.17) is 4.42 Å². The second-order valence-corrected chi connectivity index (χ2v) is 5.37. The molecule has 0 saturated carbocycles. The molecule has 5 heteroatoms. The number of nitrogens with zero attached hydrogens (tertiary/aromatic N) is 2. The van der Waals surface area contributed by atoms with E-state index in [2.05, 4.69) is 29.4 Å². The molecular weight excluding hydrogens is 234 g/mol.